The number of amides is 2. The first kappa shape index (κ1) is 20.6. The highest BCUT2D eigenvalue weighted by atomic mass is 32.2. The molecule has 0 spiro atoms. The maximum atomic E-state index is 12.6. The quantitative estimate of drug-likeness (QED) is 0.517. The van der Waals surface area contributed by atoms with E-state index in [1.807, 2.05) is 39.0 Å². The van der Waals surface area contributed by atoms with E-state index in [0.29, 0.717) is 17.1 Å². The topological polar surface area (TPSA) is 99.8 Å². The van der Waals surface area contributed by atoms with E-state index in [1.54, 1.807) is 30.7 Å². The van der Waals surface area contributed by atoms with Crippen LogP contribution in [-0.2, 0) is 4.79 Å². The van der Waals surface area contributed by atoms with Crippen LogP contribution in [0.5, 0.6) is 0 Å². The highest BCUT2D eigenvalue weighted by molar-refractivity contribution is 8.00. The van der Waals surface area contributed by atoms with E-state index in [9.17, 15) is 9.59 Å². The SMILES string of the molecule is Cc1cnc(C(C)NC(=O)c2ccc(C)c(NC(=O)CSc3ccncc3)c2)[nH]1. The van der Waals surface area contributed by atoms with Crippen molar-refractivity contribution in [1.29, 1.82) is 0 Å². The molecule has 0 saturated carbocycles. The van der Waals surface area contributed by atoms with Gasteiger partial charge in [0.15, 0.2) is 0 Å². The number of carbonyl (C=O) groups excluding carboxylic acids is 2. The van der Waals surface area contributed by atoms with E-state index >= 15 is 0 Å². The number of rotatable bonds is 7. The number of hydrogen-bond donors (Lipinski definition) is 3. The zero-order chi connectivity index (χ0) is 20.8. The van der Waals surface area contributed by atoms with E-state index in [0.717, 1.165) is 16.2 Å². The molecule has 3 rings (SSSR count). The number of aromatic amines is 1. The molecule has 2 aromatic heterocycles. The molecular formula is C21H23N5O2S. The average Bonchev–Trinajstić information content (AvgIpc) is 3.15. The maximum absolute atomic E-state index is 12.6. The van der Waals surface area contributed by atoms with Gasteiger partial charge in [0.2, 0.25) is 5.91 Å². The number of imidazole rings is 1. The molecule has 150 valence electrons. The van der Waals surface area contributed by atoms with Gasteiger partial charge in [0.1, 0.15) is 5.82 Å². The van der Waals surface area contributed by atoms with Gasteiger partial charge in [-0.3, -0.25) is 14.6 Å². The van der Waals surface area contributed by atoms with Crippen molar-refractivity contribution in [2.45, 2.75) is 31.7 Å². The molecule has 0 saturated heterocycles. The minimum absolute atomic E-state index is 0.133. The molecule has 0 aliphatic rings. The molecule has 1 aromatic carbocycles. The fourth-order valence-corrected chi connectivity index (χ4v) is 3.35. The van der Waals surface area contributed by atoms with Crippen LogP contribution in [0.15, 0.2) is 53.8 Å². The van der Waals surface area contributed by atoms with Crippen molar-refractivity contribution in [3.05, 3.63) is 71.6 Å². The van der Waals surface area contributed by atoms with Crippen LogP contribution in [0.2, 0.25) is 0 Å². The molecule has 1 atom stereocenters. The van der Waals surface area contributed by atoms with Gasteiger partial charge in [0.05, 0.1) is 11.8 Å². The van der Waals surface area contributed by atoms with Crippen LogP contribution in [0.4, 0.5) is 5.69 Å². The molecule has 1 unspecified atom stereocenters. The Bertz CT molecular complexity index is 1000. The Balaban J connectivity index is 1.62. The standard InChI is InChI=1S/C21H23N5O2S/c1-13-4-5-16(21(28)25-15(3)20-23-11-14(2)24-20)10-18(13)26-19(27)12-29-17-6-8-22-9-7-17/h4-11,15H,12H2,1-3H3,(H,23,24)(H,25,28)(H,26,27). The summed E-state index contributed by atoms with van der Waals surface area (Å²) in [5.74, 6) is 0.610. The van der Waals surface area contributed by atoms with Crippen LogP contribution in [0, 0.1) is 13.8 Å². The Labute approximate surface area is 173 Å². The number of carbonyl (C=O) groups is 2. The highest BCUT2D eigenvalue weighted by Gasteiger charge is 2.15. The molecule has 0 aliphatic heterocycles. The zero-order valence-electron chi connectivity index (χ0n) is 16.5. The van der Waals surface area contributed by atoms with Crippen molar-refractivity contribution < 1.29 is 9.59 Å². The first-order valence-electron chi connectivity index (χ1n) is 9.18. The zero-order valence-corrected chi connectivity index (χ0v) is 17.3. The smallest absolute Gasteiger partial charge is 0.251 e. The average molecular weight is 410 g/mol. The van der Waals surface area contributed by atoms with Crippen LogP contribution >= 0.6 is 11.8 Å². The number of benzene rings is 1. The van der Waals surface area contributed by atoms with Crippen molar-refractivity contribution >= 4 is 29.3 Å². The number of thioether (sulfide) groups is 1. The van der Waals surface area contributed by atoms with Crippen molar-refractivity contribution in [3.8, 4) is 0 Å². The van der Waals surface area contributed by atoms with Crippen molar-refractivity contribution in [1.82, 2.24) is 20.3 Å². The second kappa shape index (κ2) is 9.38. The number of aromatic nitrogens is 3. The summed E-state index contributed by atoms with van der Waals surface area (Å²) in [5, 5.41) is 5.81. The number of nitrogens with one attached hydrogen (secondary N) is 3. The van der Waals surface area contributed by atoms with Crippen LogP contribution in [0.25, 0.3) is 0 Å². The van der Waals surface area contributed by atoms with Gasteiger partial charge in [-0.15, -0.1) is 11.8 Å². The lowest BCUT2D eigenvalue weighted by Gasteiger charge is -2.14. The Morgan fingerprint density at radius 2 is 1.93 bits per heavy atom. The largest absolute Gasteiger partial charge is 0.344 e. The van der Waals surface area contributed by atoms with Crippen molar-refractivity contribution in [2.75, 3.05) is 11.1 Å². The van der Waals surface area contributed by atoms with Crippen LogP contribution in [0.1, 0.15) is 40.4 Å². The third-order valence-electron chi connectivity index (χ3n) is 4.27. The van der Waals surface area contributed by atoms with Gasteiger partial charge < -0.3 is 15.6 Å². The van der Waals surface area contributed by atoms with Gasteiger partial charge in [-0.05, 0) is 50.6 Å². The Kier molecular flexibility index (Phi) is 6.66. The molecule has 3 aromatic rings. The molecule has 0 bridgehead atoms. The molecule has 0 radical (unpaired) electrons. The van der Waals surface area contributed by atoms with Gasteiger partial charge in [-0.2, -0.15) is 0 Å². The van der Waals surface area contributed by atoms with Crippen molar-refractivity contribution in [2.24, 2.45) is 0 Å². The first-order chi connectivity index (χ1) is 13.9. The number of H-pyrrole nitrogens is 1. The lowest BCUT2D eigenvalue weighted by Crippen LogP contribution is -2.27. The fraction of sp³-hybridized carbons (Fsp3) is 0.238. The normalized spacial score (nSPS) is 11.7. The van der Waals surface area contributed by atoms with E-state index in [-0.39, 0.29) is 23.6 Å². The molecule has 0 fully saturated rings. The van der Waals surface area contributed by atoms with E-state index in [1.165, 1.54) is 11.8 Å². The fourth-order valence-electron chi connectivity index (χ4n) is 2.67. The lowest BCUT2D eigenvalue weighted by molar-refractivity contribution is -0.113. The van der Waals surface area contributed by atoms with Crippen molar-refractivity contribution in [3.63, 3.8) is 0 Å². The summed E-state index contributed by atoms with van der Waals surface area (Å²) >= 11 is 1.43. The number of nitrogens with zero attached hydrogens (tertiary/aromatic N) is 2. The summed E-state index contributed by atoms with van der Waals surface area (Å²) in [6.45, 7) is 5.66. The maximum Gasteiger partial charge on any atom is 0.251 e. The number of anilines is 1. The predicted octanol–water partition coefficient (Wildman–Crippen LogP) is 3.64. The first-order valence-corrected chi connectivity index (χ1v) is 10.2. The monoisotopic (exact) mass is 409 g/mol. The van der Waals surface area contributed by atoms with Crippen LogP contribution in [-0.4, -0.2) is 32.5 Å². The summed E-state index contributed by atoms with van der Waals surface area (Å²) in [6.07, 6.45) is 5.11. The van der Waals surface area contributed by atoms with E-state index < -0.39 is 0 Å². The third kappa shape index (κ3) is 5.68. The minimum atomic E-state index is -0.257. The molecule has 2 heterocycles. The summed E-state index contributed by atoms with van der Waals surface area (Å²) in [7, 11) is 0. The summed E-state index contributed by atoms with van der Waals surface area (Å²) in [4.78, 5) is 37.2. The molecular weight excluding hydrogens is 386 g/mol. The molecule has 7 nitrogen and oxygen atoms in total. The van der Waals surface area contributed by atoms with Crippen LogP contribution < -0.4 is 10.6 Å². The van der Waals surface area contributed by atoms with Gasteiger partial charge >= 0.3 is 0 Å². The third-order valence-corrected chi connectivity index (χ3v) is 5.29. The predicted molar refractivity (Wildman–Crippen MR) is 114 cm³/mol. The Hall–Kier alpha value is -3.13. The summed E-state index contributed by atoms with van der Waals surface area (Å²) in [5.41, 5.74) is 2.92. The van der Waals surface area contributed by atoms with Gasteiger partial charge in [0, 0.05) is 40.4 Å². The van der Waals surface area contributed by atoms with Crippen LogP contribution in [0.3, 0.4) is 0 Å². The Morgan fingerprint density at radius 1 is 1.17 bits per heavy atom. The molecule has 2 amide bonds. The summed E-state index contributed by atoms with van der Waals surface area (Å²) in [6, 6.07) is 8.71. The summed E-state index contributed by atoms with van der Waals surface area (Å²) < 4.78 is 0. The second-order valence-electron chi connectivity index (χ2n) is 6.70. The molecule has 8 heteroatoms. The highest BCUT2D eigenvalue weighted by Crippen LogP contribution is 2.20. The van der Waals surface area contributed by atoms with E-state index in [4.69, 9.17) is 0 Å². The van der Waals surface area contributed by atoms with Gasteiger partial charge in [-0.25, -0.2) is 4.98 Å². The molecule has 0 aliphatic carbocycles. The Morgan fingerprint density at radius 3 is 2.62 bits per heavy atom. The van der Waals surface area contributed by atoms with E-state index in [2.05, 4.69) is 25.6 Å². The molecule has 3 N–H and O–H groups in total. The number of aryl methyl sites for hydroxylation is 2. The number of pyridine rings is 1. The minimum Gasteiger partial charge on any atom is -0.344 e. The number of hydrogen-bond acceptors (Lipinski definition) is 5. The van der Waals surface area contributed by atoms with Gasteiger partial charge in [0.25, 0.3) is 5.91 Å². The lowest BCUT2D eigenvalue weighted by atomic mass is 10.1. The second-order valence-corrected chi connectivity index (χ2v) is 7.74. The molecule has 29 heavy (non-hydrogen) atoms. The van der Waals surface area contributed by atoms with Gasteiger partial charge in [-0.1, -0.05) is 6.07 Å².